The number of aryl methyl sites for hydroxylation is 2. The molecule has 114 valence electrons. The molecule has 0 aliphatic heterocycles. The molecule has 1 atom stereocenters. The molecule has 2 nitrogen and oxygen atoms in total. The molecule has 0 aliphatic rings. The Balaban J connectivity index is 2.30. The van der Waals surface area contributed by atoms with E-state index in [2.05, 4.69) is 18.3 Å². The standard InChI is InChI=1S/C17H21Cl2NO/c1-4-8-20-17(13-9-11(2)21-12(13)3)10-14-15(18)6-5-7-16(14)19/h5-7,9,17,20H,4,8,10H2,1-3H3. The van der Waals surface area contributed by atoms with Crippen molar-refractivity contribution in [3.8, 4) is 0 Å². The maximum absolute atomic E-state index is 6.30. The summed E-state index contributed by atoms with van der Waals surface area (Å²) in [5.74, 6) is 1.88. The van der Waals surface area contributed by atoms with E-state index in [-0.39, 0.29) is 6.04 Å². The van der Waals surface area contributed by atoms with E-state index in [9.17, 15) is 0 Å². The van der Waals surface area contributed by atoms with Crippen LogP contribution in [0.3, 0.4) is 0 Å². The average Bonchev–Trinajstić information content (AvgIpc) is 2.76. The Morgan fingerprint density at radius 3 is 2.38 bits per heavy atom. The second-order valence-corrected chi connectivity index (χ2v) is 6.09. The number of hydrogen-bond acceptors (Lipinski definition) is 2. The summed E-state index contributed by atoms with van der Waals surface area (Å²) in [6.45, 7) is 7.06. The minimum atomic E-state index is 0.153. The molecule has 0 amide bonds. The van der Waals surface area contributed by atoms with Gasteiger partial charge in [0.05, 0.1) is 0 Å². The molecule has 0 radical (unpaired) electrons. The summed E-state index contributed by atoms with van der Waals surface area (Å²) in [5, 5.41) is 4.99. The summed E-state index contributed by atoms with van der Waals surface area (Å²) in [4.78, 5) is 0. The number of furan rings is 1. The van der Waals surface area contributed by atoms with Crippen LogP contribution in [0.4, 0.5) is 0 Å². The lowest BCUT2D eigenvalue weighted by Crippen LogP contribution is -2.24. The Morgan fingerprint density at radius 2 is 1.86 bits per heavy atom. The van der Waals surface area contributed by atoms with Gasteiger partial charge in [-0.2, -0.15) is 0 Å². The highest BCUT2D eigenvalue weighted by molar-refractivity contribution is 6.36. The number of rotatable bonds is 6. The van der Waals surface area contributed by atoms with Crippen molar-refractivity contribution in [2.75, 3.05) is 6.54 Å². The zero-order chi connectivity index (χ0) is 15.4. The van der Waals surface area contributed by atoms with E-state index in [1.54, 1.807) is 0 Å². The van der Waals surface area contributed by atoms with Gasteiger partial charge in [0.1, 0.15) is 11.5 Å². The van der Waals surface area contributed by atoms with E-state index in [1.165, 1.54) is 5.56 Å². The number of hydrogen-bond donors (Lipinski definition) is 1. The van der Waals surface area contributed by atoms with E-state index < -0.39 is 0 Å². The summed E-state index contributed by atoms with van der Waals surface area (Å²) in [7, 11) is 0. The van der Waals surface area contributed by atoms with Crippen LogP contribution in [0.5, 0.6) is 0 Å². The Hall–Kier alpha value is -0.960. The van der Waals surface area contributed by atoms with Gasteiger partial charge in [0, 0.05) is 21.7 Å². The summed E-state index contributed by atoms with van der Waals surface area (Å²) in [6, 6.07) is 7.88. The third-order valence-electron chi connectivity index (χ3n) is 3.57. The molecule has 1 heterocycles. The lowest BCUT2D eigenvalue weighted by molar-refractivity contribution is 0.480. The molecular formula is C17H21Cl2NO. The first-order valence-electron chi connectivity index (χ1n) is 7.26. The molecule has 0 bridgehead atoms. The molecule has 0 saturated carbocycles. The van der Waals surface area contributed by atoms with Gasteiger partial charge >= 0.3 is 0 Å². The molecule has 0 aliphatic carbocycles. The van der Waals surface area contributed by atoms with Gasteiger partial charge in [-0.1, -0.05) is 36.2 Å². The highest BCUT2D eigenvalue weighted by Gasteiger charge is 2.19. The van der Waals surface area contributed by atoms with Crippen LogP contribution in [0.25, 0.3) is 0 Å². The summed E-state index contributed by atoms with van der Waals surface area (Å²) in [6.07, 6.45) is 1.82. The van der Waals surface area contributed by atoms with Crippen LogP contribution >= 0.6 is 23.2 Å². The maximum atomic E-state index is 6.30. The zero-order valence-corrected chi connectivity index (χ0v) is 14.2. The fourth-order valence-corrected chi connectivity index (χ4v) is 3.09. The van der Waals surface area contributed by atoms with Crippen LogP contribution < -0.4 is 5.32 Å². The van der Waals surface area contributed by atoms with Crippen LogP contribution in [0.1, 0.15) is 42.0 Å². The normalized spacial score (nSPS) is 12.6. The van der Waals surface area contributed by atoms with Crippen molar-refractivity contribution in [3.05, 3.63) is 57.0 Å². The Bertz CT molecular complexity index is 587. The molecule has 21 heavy (non-hydrogen) atoms. The van der Waals surface area contributed by atoms with Gasteiger partial charge in [0.2, 0.25) is 0 Å². The average molecular weight is 326 g/mol. The predicted molar refractivity (Wildman–Crippen MR) is 89.4 cm³/mol. The number of halogens is 2. The first kappa shape index (κ1) is 16.4. The Morgan fingerprint density at radius 1 is 1.19 bits per heavy atom. The minimum Gasteiger partial charge on any atom is -0.466 e. The molecule has 2 aromatic rings. The second kappa shape index (κ2) is 7.35. The largest absolute Gasteiger partial charge is 0.466 e. The maximum Gasteiger partial charge on any atom is 0.105 e. The molecule has 1 N–H and O–H groups in total. The van der Waals surface area contributed by atoms with E-state index in [1.807, 2.05) is 32.0 Å². The third-order valence-corrected chi connectivity index (χ3v) is 4.27. The van der Waals surface area contributed by atoms with Gasteiger partial charge in [-0.25, -0.2) is 0 Å². The lowest BCUT2D eigenvalue weighted by atomic mass is 9.98. The van der Waals surface area contributed by atoms with Crippen LogP contribution in [0.2, 0.25) is 10.0 Å². The predicted octanol–water partition coefficient (Wildman–Crippen LogP) is 5.49. The molecular weight excluding hydrogens is 305 g/mol. The lowest BCUT2D eigenvalue weighted by Gasteiger charge is -2.19. The quantitative estimate of drug-likeness (QED) is 0.759. The molecule has 1 unspecified atom stereocenters. The van der Waals surface area contributed by atoms with Crippen LogP contribution in [-0.4, -0.2) is 6.54 Å². The van der Waals surface area contributed by atoms with Crippen molar-refractivity contribution >= 4 is 23.2 Å². The van der Waals surface area contributed by atoms with Crippen LogP contribution in [0, 0.1) is 13.8 Å². The summed E-state index contributed by atoms with van der Waals surface area (Å²) in [5.41, 5.74) is 2.16. The smallest absolute Gasteiger partial charge is 0.105 e. The fourth-order valence-electron chi connectivity index (χ4n) is 2.54. The monoisotopic (exact) mass is 325 g/mol. The van der Waals surface area contributed by atoms with Crippen LogP contribution in [0.15, 0.2) is 28.7 Å². The number of benzene rings is 1. The minimum absolute atomic E-state index is 0.153. The molecule has 1 aromatic carbocycles. The Labute approximate surface area is 136 Å². The van der Waals surface area contributed by atoms with Crippen LogP contribution in [-0.2, 0) is 6.42 Å². The molecule has 0 saturated heterocycles. The van der Waals surface area contributed by atoms with Gasteiger partial charge in [0.15, 0.2) is 0 Å². The van der Waals surface area contributed by atoms with Crippen molar-refractivity contribution in [3.63, 3.8) is 0 Å². The summed E-state index contributed by atoms with van der Waals surface area (Å²) < 4.78 is 5.67. The van der Waals surface area contributed by atoms with E-state index in [0.29, 0.717) is 10.0 Å². The van der Waals surface area contributed by atoms with Crippen molar-refractivity contribution in [1.29, 1.82) is 0 Å². The highest BCUT2D eigenvalue weighted by Crippen LogP contribution is 2.31. The molecule has 1 aromatic heterocycles. The van der Waals surface area contributed by atoms with Gasteiger partial charge in [-0.3, -0.25) is 0 Å². The van der Waals surface area contributed by atoms with Gasteiger partial charge < -0.3 is 9.73 Å². The molecule has 2 rings (SSSR count). The SMILES string of the molecule is CCCNC(Cc1c(Cl)cccc1Cl)c1cc(C)oc1C. The van der Waals surface area contributed by atoms with Gasteiger partial charge in [-0.15, -0.1) is 0 Å². The van der Waals surface area contributed by atoms with E-state index in [4.69, 9.17) is 27.6 Å². The van der Waals surface area contributed by atoms with Crippen molar-refractivity contribution in [2.24, 2.45) is 0 Å². The molecule has 0 spiro atoms. The van der Waals surface area contributed by atoms with Gasteiger partial charge in [0.25, 0.3) is 0 Å². The second-order valence-electron chi connectivity index (χ2n) is 5.28. The van der Waals surface area contributed by atoms with Crippen molar-refractivity contribution in [1.82, 2.24) is 5.32 Å². The Kier molecular flexibility index (Phi) is 5.74. The van der Waals surface area contributed by atoms with Crippen molar-refractivity contribution < 1.29 is 4.42 Å². The third kappa shape index (κ3) is 4.03. The van der Waals surface area contributed by atoms with E-state index >= 15 is 0 Å². The summed E-state index contributed by atoms with van der Waals surface area (Å²) >= 11 is 12.6. The molecule has 4 heteroatoms. The van der Waals surface area contributed by atoms with Gasteiger partial charge in [-0.05, 0) is 57.0 Å². The zero-order valence-electron chi connectivity index (χ0n) is 12.7. The first-order chi connectivity index (χ1) is 10.0. The molecule has 0 fully saturated rings. The van der Waals surface area contributed by atoms with Crippen molar-refractivity contribution in [2.45, 2.75) is 39.7 Å². The van der Waals surface area contributed by atoms with E-state index in [0.717, 1.165) is 36.5 Å². The highest BCUT2D eigenvalue weighted by atomic mass is 35.5. The first-order valence-corrected chi connectivity index (χ1v) is 8.01. The fraction of sp³-hybridized carbons (Fsp3) is 0.412. The topological polar surface area (TPSA) is 25.2 Å². The number of nitrogens with one attached hydrogen (secondary N) is 1.